The number of carbonyl (C=O) groups excluding carboxylic acids is 2. The summed E-state index contributed by atoms with van der Waals surface area (Å²) in [6.45, 7) is 12.6. The molecule has 3 aromatic heterocycles. The highest BCUT2D eigenvalue weighted by atomic mass is 16.5. The number of aromatic nitrogens is 6. The number of hydrogen-bond acceptors (Lipinski definition) is 9. The zero-order valence-corrected chi connectivity index (χ0v) is 24.0. The highest BCUT2D eigenvalue weighted by Crippen LogP contribution is 2.29. The third-order valence-corrected chi connectivity index (χ3v) is 8.27. The van der Waals surface area contributed by atoms with Crippen molar-refractivity contribution in [1.82, 2.24) is 38.9 Å². The number of benzene rings is 1. The van der Waals surface area contributed by atoms with E-state index in [2.05, 4.69) is 4.90 Å². The summed E-state index contributed by atoms with van der Waals surface area (Å²) in [5, 5.41) is 0. The van der Waals surface area contributed by atoms with Crippen molar-refractivity contribution >= 4 is 39.8 Å². The quantitative estimate of drug-likeness (QED) is 0.370. The van der Waals surface area contributed by atoms with Gasteiger partial charge in [0.1, 0.15) is 5.82 Å². The van der Waals surface area contributed by atoms with Crippen LogP contribution < -0.4 is 10.6 Å². The first-order valence-corrected chi connectivity index (χ1v) is 14.1. The molecule has 2 N–H and O–H groups in total. The lowest BCUT2D eigenvalue weighted by Gasteiger charge is -2.42. The normalized spacial score (nSPS) is 17.1. The first-order valence-electron chi connectivity index (χ1n) is 14.1. The number of amides is 2. The Morgan fingerprint density at radius 1 is 0.976 bits per heavy atom. The standard InChI is InChI=1S/C28H36N10O3/c1-5-37-23-21(31-24(37)25(39)35-10-12-36(13-11-35)28(3,4)26(29)40)22(34-14-16-41-17-15-34)32-27(33-23)38-18(2)30-19-8-6-7-9-20(19)38/h6-9H,5,10-17H2,1-4H3,(H2,29,40). The fraction of sp³-hybridized carbons (Fsp3) is 0.500. The number of hydrogen-bond donors (Lipinski definition) is 1. The third kappa shape index (κ3) is 4.58. The van der Waals surface area contributed by atoms with Crippen LogP contribution in [-0.4, -0.2) is 109 Å². The topological polar surface area (TPSA) is 141 Å². The molecular formula is C28H36N10O3. The molecule has 2 amide bonds. The minimum Gasteiger partial charge on any atom is -0.378 e. The Morgan fingerprint density at radius 3 is 2.37 bits per heavy atom. The second kappa shape index (κ2) is 10.4. The minimum atomic E-state index is -0.777. The van der Waals surface area contributed by atoms with Gasteiger partial charge >= 0.3 is 0 Å². The number of nitrogens with zero attached hydrogens (tertiary/aromatic N) is 9. The molecule has 13 nitrogen and oxygen atoms in total. The molecule has 0 radical (unpaired) electrons. The number of fused-ring (bicyclic) bond motifs is 2. The molecule has 2 aliphatic heterocycles. The average Bonchev–Trinajstić information content (AvgIpc) is 3.53. The van der Waals surface area contributed by atoms with E-state index in [9.17, 15) is 9.59 Å². The molecule has 0 bridgehead atoms. The highest BCUT2D eigenvalue weighted by Gasteiger charge is 2.37. The lowest BCUT2D eigenvalue weighted by Crippen LogP contribution is -2.60. The first kappa shape index (κ1) is 27.1. The number of imidazole rings is 2. The predicted octanol–water partition coefficient (Wildman–Crippen LogP) is 1.35. The lowest BCUT2D eigenvalue weighted by atomic mass is 10.0. The molecule has 2 saturated heterocycles. The summed E-state index contributed by atoms with van der Waals surface area (Å²) in [5.41, 5.74) is 7.82. The fourth-order valence-corrected chi connectivity index (χ4v) is 5.70. The Hall–Kier alpha value is -4.10. The van der Waals surface area contributed by atoms with E-state index in [4.69, 9.17) is 30.4 Å². The van der Waals surface area contributed by atoms with E-state index < -0.39 is 5.54 Å². The van der Waals surface area contributed by atoms with Gasteiger partial charge in [0.15, 0.2) is 17.0 Å². The number of rotatable bonds is 6. The van der Waals surface area contributed by atoms with Crippen LogP contribution in [0.1, 0.15) is 37.2 Å². The van der Waals surface area contributed by atoms with Gasteiger partial charge in [0.25, 0.3) is 5.91 Å². The maximum atomic E-state index is 13.9. The molecule has 41 heavy (non-hydrogen) atoms. The largest absolute Gasteiger partial charge is 0.378 e. The van der Waals surface area contributed by atoms with E-state index in [0.717, 1.165) is 16.9 Å². The maximum absolute atomic E-state index is 13.9. The van der Waals surface area contributed by atoms with Gasteiger partial charge in [0, 0.05) is 45.8 Å². The van der Waals surface area contributed by atoms with Crippen LogP contribution >= 0.6 is 0 Å². The van der Waals surface area contributed by atoms with Gasteiger partial charge in [-0.25, -0.2) is 9.97 Å². The second-order valence-corrected chi connectivity index (χ2v) is 11.0. The van der Waals surface area contributed by atoms with Crippen LogP contribution in [0.2, 0.25) is 0 Å². The van der Waals surface area contributed by atoms with E-state index in [0.29, 0.717) is 87.8 Å². The van der Waals surface area contributed by atoms with Gasteiger partial charge in [-0.3, -0.25) is 19.1 Å². The van der Waals surface area contributed by atoms with Crippen LogP contribution in [0.3, 0.4) is 0 Å². The number of para-hydroxylation sites is 2. The van der Waals surface area contributed by atoms with Gasteiger partial charge < -0.3 is 24.8 Å². The Bertz CT molecular complexity index is 1630. The predicted molar refractivity (Wildman–Crippen MR) is 154 cm³/mol. The summed E-state index contributed by atoms with van der Waals surface area (Å²) in [6, 6.07) is 7.90. The van der Waals surface area contributed by atoms with Gasteiger partial charge in [-0.2, -0.15) is 9.97 Å². The Labute approximate surface area is 237 Å². The van der Waals surface area contributed by atoms with Crippen LogP contribution in [0.15, 0.2) is 24.3 Å². The average molecular weight is 561 g/mol. The summed E-state index contributed by atoms with van der Waals surface area (Å²) >= 11 is 0. The summed E-state index contributed by atoms with van der Waals surface area (Å²) in [4.78, 5) is 51.4. The number of morpholine rings is 1. The van der Waals surface area contributed by atoms with Gasteiger partial charge in [-0.1, -0.05) is 12.1 Å². The minimum absolute atomic E-state index is 0.167. The van der Waals surface area contributed by atoms with Crippen molar-refractivity contribution < 1.29 is 14.3 Å². The number of carbonyl (C=O) groups is 2. The molecular weight excluding hydrogens is 524 g/mol. The van der Waals surface area contributed by atoms with Crippen LogP contribution in [0.25, 0.3) is 28.1 Å². The van der Waals surface area contributed by atoms with E-state index in [1.165, 1.54) is 0 Å². The van der Waals surface area contributed by atoms with Gasteiger partial charge in [-0.05, 0) is 39.8 Å². The molecule has 5 heterocycles. The Balaban J connectivity index is 1.43. The highest BCUT2D eigenvalue weighted by molar-refractivity contribution is 5.97. The maximum Gasteiger partial charge on any atom is 0.290 e. The molecule has 1 aromatic carbocycles. The molecule has 0 unspecified atom stereocenters. The number of nitrogens with two attached hydrogens (primary N) is 1. The number of ether oxygens (including phenoxy) is 1. The van der Waals surface area contributed by atoms with Crippen LogP contribution in [0.4, 0.5) is 5.82 Å². The van der Waals surface area contributed by atoms with Crippen LogP contribution in [0.5, 0.6) is 0 Å². The second-order valence-electron chi connectivity index (χ2n) is 11.0. The zero-order chi connectivity index (χ0) is 28.9. The molecule has 0 spiro atoms. The molecule has 0 atom stereocenters. The van der Waals surface area contributed by atoms with Crippen molar-refractivity contribution in [3.05, 3.63) is 35.9 Å². The van der Waals surface area contributed by atoms with Crippen molar-refractivity contribution in [3.8, 4) is 5.95 Å². The zero-order valence-electron chi connectivity index (χ0n) is 24.0. The van der Waals surface area contributed by atoms with Crippen molar-refractivity contribution in [2.75, 3.05) is 57.4 Å². The Kier molecular flexibility index (Phi) is 6.86. The monoisotopic (exact) mass is 560 g/mol. The van der Waals surface area contributed by atoms with Gasteiger partial charge in [-0.15, -0.1) is 0 Å². The van der Waals surface area contributed by atoms with Gasteiger partial charge in [0.05, 0.1) is 29.8 Å². The molecule has 0 saturated carbocycles. The van der Waals surface area contributed by atoms with E-state index in [1.807, 2.05) is 66.0 Å². The summed E-state index contributed by atoms with van der Waals surface area (Å²) < 4.78 is 9.44. The SMILES string of the molecule is CCn1c(C(=O)N2CCN(C(C)(C)C(N)=O)CC2)nc2c(N3CCOCC3)nc(-n3c(C)nc4ccccc43)nc21. The summed E-state index contributed by atoms with van der Waals surface area (Å²) in [5.74, 6) is 1.73. The van der Waals surface area contributed by atoms with Crippen LogP contribution in [0, 0.1) is 6.92 Å². The van der Waals surface area contributed by atoms with E-state index in [1.54, 1.807) is 4.90 Å². The number of primary amides is 1. The fourth-order valence-electron chi connectivity index (χ4n) is 5.70. The molecule has 216 valence electrons. The van der Waals surface area contributed by atoms with E-state index in [-0.39, 0.29) is 11.8 Å². The molecule has 6 rings (SSSR count). The number of anilines is 1. The molecule has 13 heteroatoms. The first-order chi connectivity index (χ1) is 19.7. The third-order valence-electron chi connectivity index (χ3n) is 8.27. The van der Waals surface area contributed by atoms with Crippen LogP contribution in [-0.2, 0) is 16.1 Å². The molecule has 4 aromatic rings. The number of aryl methyl sites for hydroxylation is 2. The van der Waals surface area contributed by atoms with Crippen molar-refractivity contribution in [1.29, 1.82) is 0 Å². The smallest absolute Gasteiger partial charge is 0.290 e. The molecule has 2 fully saturated rings. The Morgan fingerprint density at radius 2 is 1.68 bits per heavy atom. The summed E-state index contributed by atoms with van der Waals surface area (Å²) in [7, 11) is 0. The van der Waals surface area contributed by atoms with Crippen molar-refractivity contribution in [3.63, 3.8) is 0 Å². The van der Waals surface area contributed by atoms with E-state index >= 15 is 0 Å². The lowest BCUT2D eigenvalue weighted by molar-refractivity contribution is -0.129. The van der Waals surface area contributed by atoms with Gasteiger partial charge in [0.2, 0.25) is 17.7 Å². The molecule has 0 aliphatic carbocycles. The summed E-state index contributed by atoms with van der Waals surface area (Å²) in [6.07, 6.45) is 0. The molecule has 2 aliphatic rings. The number of piperazine rings is 1. The van der Waals surface area contributed by atoms with Crippen molar-refractivity contribution in [2.45, 2.75) is 39.8 Å². The van der Waals surface area contributed by atoms with Crippen molar-refractivity contribution in [2.24, 2.45) is 5.73 Å².